The molecule has 2 rings (SSSR count). The van der Waals surface area contributed by atoms with Crippen molar-refractivity contribution in [2.24, 2.45) is 0 Å². The van der Waals surface area contributed by atoms with E-state index < -0.39 is 23.8 Å². The van der Waals surface area contributed by atoms with Crippen molar-refractivity contribution < 1.29 is 27.8 Å². The quantitative estimate of drug-likeness (QED) is 0.490. The predicted molar refractivity (Wildman–Crippen MR) is 109 cm³/mol. The van der Waals surface area contributed by atoms with Crippen molar-refractivity contribution in [3.8, 4) is 0 Å². The van der Waals surface area contributed by atoms with Crippen LogP contribution in [0.25, 0.3) is 5.57 Å². The Bertz CT molecular complexity index is 935. The molecule has 0 aliphatic carbocycles. The lowest BCUT2D eigenvalue weighted by Gasteiger charge is -2.15. The van der Waals surface area contributed by atoms with Gasteiger partial charge in [-0.05, 0) is 35.3 Å². The van der Waals surface area contributed by atoms with Gasteiger partial charge in [0.15, 0.2) is 0 Å². The molecule has 0 aliphatic heterocycles. The Kier molecular flexibility index (Phi) is 7.83. The van der Waals surface area contributed by atoms with Gasteiger partial charge in [-0.25, -0.2) is 0 Å². The summed E-state index contributed by atoms with van der Waals surface area (Å²) in [7, 11) is 1.49. The van der Waals surface area contributed by atoms with Crippen LogP contribution in [0.1, 0.15) is 29.2 Å². The summed E-state index contributed by atoms with van der Waals surface area (Å²) < 4.78 is 44.2. The van der Waals surface area contributed by atoms with Crippen molar-refractivity contribution in [3.63, 3.8) is 0 Å². The summed E-state index contributed by atoms with van der Waals surface area (Å²) >= 11 is 0. The lowest BCUT2D eigenvalue weighted by molar-refractivity contribution is -0.138. The van der Waals surface area contributed by atoms with Crippen LogP contribution < -0.4 is 5.32 Å². The first-order valence-electron chi connectivity index (χ1n) is 9.22. The van der Waals surface area contributed by atoms with E-state index >= 15 is 0 Å². The summed E-state index contributed by atoms with van der Waals surface area (Å²) in [4.78, 5) is 12.4. The molecule has 2 aromatic rings. The van der Waals surface area contributed by atoms with Gasteiger partial charge in [0, 0.05) is 18.5 Å². The van der Waals surface area contributed by atoms with Gasteiger partial charge >= 0.3 is 6.18 Å². The first-order chi connectivity index (χ1) is 14.1. The highest BCUT2D eigenvalue weighted by atomic mass is 19.4. The van der Waals surface area contributed by atoms with Crippen molar-refractivity contribution in [1.29, 1.82) is 0 Å². The largest absolute Gasteiger partial charge is 0.504 e. The third-order valence-electron chi connectivity index (χ3n) is 4.57. The van der Waals surface area contributed by atoms with Crippen LogP contribution in [0.2, 0.25) is 0 Å². The molecule has 2 aromatic carbocycles. The Balaban J connectivity index is 2.07. The zero-order valence-electron chi connectivity index (χ0n) is 16.8. The fraction of sp³-hybridized carbons (Fsp3) is 0.261. The number of benzene rings is 2. The number of alkyl halides is 3. The standard InChI is InChI=1S/C23H24F3NO3/c1-15(14-30-3)21(28)12-17-7-6-9-18(11-17)16(2)22(29)27-13-19-8-4-5-10-20(19)23(24,25)26/h4-11,14,21,28H,2,12-13H2,1,3H3,(H,27,29)/b15-14+. The van der Waals surface area contributed by atoms with Gasteiger partial charge in [-0.2, -0.15) is 13.2 Å². The van der Waals surface area contributed by atoms with E-state index in [4.69, 9.17) is 4.74 Å². The molecule has 160 valence electrons. The number of aliphatic hydroxyl groups excluding tert-OH is 1. The van der Waals surface area contributed by atoms with E-state index in [1.54, 1.807) is 31.2 Å². The number of rotatable bonds is 8. The average Bonchev–Trinajstić information content (AvgIpc) is 2.71. The fourth-order valence-electron chi connectivity index (χ4n) is 2.90. The van der Waals surface area contributed by atoms with Crippen molar-refractivity contribution in [3.05, 3.63) is 89.2 Å². The summed E-state index contributed by atoms with van der Waals surface area (Å²) in [5.41, 5.74) is 1.27. The molecule has 1 unspecified atom stereocenters. The second kappa shape index (κ2) is 10.1. The molecule has 0 saturated heterocycles. The van der Waals surface area contributed by atoms with Gasteiger partial charge in [0.25, 0.3) is 5.91 Å². The van der Waals surface area contributed by atoms with Crippen LogP contribution in [-0.4, -0.2) is 24.2 Å². The minimum atomic E-state index is -4.50. The smallest absolute Gasteiger partial charge is 0.416 e. The van der Waals surface area contributed by atoms with E-state index in [-0.39, 0.29) is 17.7 Å². The number of carbonyl (C=O) groups excluding carboxylic acids is 1. The van der Waals surface area contributed by atoms with Crippen molar-refractivity contribution in [2.75, 3.05) is 7.11 Å². The molecular weight excluding hydrogens is 395 g/mol. The average molecular weight is 419 g/mol. The van der Waals surface area contributed by atoms with Gasteiger partial charge in [-0.15, -0.1) is 0 Å². The van der Waals surface area contributed by atoms with Crippen LogP contribution >= 0.6 is 0 Å². The van der Waals surface area contributed by atoms with Gasteiger partial charge in [-0.3, -0.25) is 4.79 Å². The van der Waals surface area contributed by atoms with Gasteiger partial charge in [-0.1, -0.05) is 49.0 Å². The summed E-state index contributed by atoms with van der Waals surface area (Å²) in [6, 6.07) is 12.0. The molecule has 4 nitrogen and oxygen atoms in total. The molecule has 1 atom stereocenters. The van der Waals surface area contributed by atoms with E-state index in [0.29, 0.717) is 17.6 Å². The minimum Gasteiger partial charge on any atom is -0.504 e. The van der Waals surface area contributed by atoms with Gasteiger partial charge in [0.1, 0.15) is 0 Å². The van der Waals surface area contributed by atoms with Crippen molar-refractivity contribution >= 4 is 11.5 Å². The van der Waals surface area contributed by atoms with Crippen LogP contribution in [-0.2, 0) is 28.7 Å². The molecule has 0 fully saturated rings. The van der Waals surface area contributed by atoms with Crippen molar-refractivity contribution in [1.82, 2.24) is 5.32 Å². The SMILES string of the molecule is C=C(C(=O)NCc1ccccc1C(F)(F)F)c1cccc(CC(O)/C(C)=C/OC)c1. The lowest BCUT2D eigenvalue weighted by Crippen LogP contribution is -2.25. The number of nitrogens with one attached hydrogen (secondary N) is 1. The maximum absolute atomic E-state index is 13.1. The van der Waals surface area contributed by atoms with E-state index in [9.17, 15) is 23.1 Å². The third-order valence-corrected chi connectivity index (χ3v) is 4.57. The molecule has 0 radical (unpaired) electrons. The normalized spacial score (nSPS) is 12.9. The van der Waals surface area contributed by atoms with Crippen LogP contribution in [0.4, 0.5) is 13.2 Å². The molecule has 30 heavy (non-hydrogen) atoms. The second-order valence-electron chi connectivity index (χ2n) is 6.83. The van der Waals surface area contributed by atoms with Crippen LogP contribution in [0.5, 0.6) is 0 Å². The highest BCUT2D eigenvalue weighted by molar-refractivity contribution is 6.18. The summed E-state index contributed by atoms with van der Waals surface area (Å²) in [6.07, 6.45) is -3.48. The number of ether oxygens (including phenoxy) is 1. The first kappa shape index (κ1) is 23.2. The maximum atomic E-state index is 13.1. The molecule has 2 N–H and O–H groups in total. The molecule has 7 heteroatoms. The summed E-state index contributed by atoms with van der Waals surface area (Å²) in [5.74, 6) is -0.569. The number of hydrogen-bond acceptors (Lipinski definition) is 3. The number of halogens is 3. The highest BCUT2D eigenvalue weighted by Crippen LogP contribution is 2.31. The Labute approximate surface area is 173 Å². The van der Waals surface area contributed by atoms with Crippen LogP contribution in [0, 0.1) is 0 Å². The Morgan fingerprint density at radius 2 is 1.93 bits per heavy atom. The fourth-order valence-corrected chi connectivity index (χ4v) is 2.90. The first-order valence-corrected chi connectivity index (χ1v) is 9.22. The van der Waals surface area contributed by atoms with Crippen LogP contribution in [0.3, 0.4) is 0 Å². The molecule has 0 bridgehead atoms. The van der Waals surface area contributed by atoms with Crippen LogP contribution in [0.15, 0.2) is 66.9 Å². The zero-order valence-corrected chi connectivity index (χ0v) is 16.8. The molecule has 0 aromatic heterocycles. The summed E-state index contributed by atoms with van der Waals surface area (Å²) in [5, 5.41) is 12.7. The number of aliphatic hydroxyl groups is 1. The molecule has 1 amide bonds. The Morgan fingerprint density at radius 1 is 1.23 bits per heavy atom. The molecular formula is C23H24F3NO3. The number of methoxy groups -OCH3 is 1. The lowest BCUT2D eigenvalue weighted by atomic mass is 9.98. The Morgan fingerprint density at radius 3 is 2.60 bits per heavy atom. The van der Waals surface area contributed by atoms with E-state index in [2.05, 4.69) is 11.9 Å². The molecule has 0 saturated carbocycles. The molecule has 0 aliphatic rings. The zero-order chi connectivity index (χ0) is 22.3. The monoisotopic (exact) mass is 419 g/mol. The van der Waals surface area contributed by atoms with E-state index in [0.717, 1.165) is 11.6 Å². The number of carbonyl (C=O) groups is 1. The highest BCUT2D eigenvalue weighted by Gasteiger charge is 2.32. The van der Waals surface area contributed by atoms with E-state index in [1.165, 1.54) is 31.6 Å². The van der Waals surface area contributed by atoms with Crippen molar-refractivity contribution in [2.45, 2.75) is 32.2 Å². The minimum absolute atomic E-state index is 0.0246. The van der Waals surface area contributed by atoms with E-state index in [1.807, 2.05) is 0 Å². The second-order valence-corrected chi connectivity index (χ2v) is 6.83. The number of amides is 1. The molecule has 0 heterocycles. The number of hydrogen-bond donors (Lipinski definition) is 2. The maximum Gasteiger partial charge on any atom is 0.416 e. The Hall–Kier alpha value is -3.06. The van der Waals surface area contributed by atoms with Gasteiger partial charge in [0.05, 0.1) is 25.0 Å². The topological polar surface area (TPSA) is 58.6 Å². The summed E-state index contributed by atoms with van der Waals surface area (Å²) in [6.45, 7) is 5.23. The third kappa shape index (κ3) is 6.22. The predicted octanol–water partition coefficient (Wildman–Crippen LogP) is 4.49. The molecule has 0 spiro atoms. The van der Waals surface area contributed by atoms with Gasteiger partial charge in [0.2, 0.25) is 0 Å². The van der Waals surface area contributed by atoms with Gasteiger partial charge < -0.3 is 15.2 Å².